The van der Waals surface area contributed by atoms with E-state index < -0.39 is 0 Å². The largest absolute Gasteiger partial charge is 0.396 e. The molecule has 0 amide bonds. The van der Waals surface area contributed by atoms with E-state index in [0.717, 1.165) is 25.4 Å². The summed E-state index contributed by atoms with van der Waals surface area (Å²) < 4.78 is 5.12. The van der Waals surface area contributed by atoms with Gasteiger partial charge in [-0.3, -0.25) is 0 Å². The Morgan fingerprint density at radius 1 is 0.426 bits per heavy atom. The van der Waals surface area contributed by atoms with Gasteiger partial charge in [0.2, 0.25) is 0 Å². The highest BCUT2D eigenvalue weighted by Crippen LogP contribution is 2.31. The molecule has 0 fully saturated rings. The molecule has 4 unspecified atom stereocenters. The molecule has 54 heavy (non-hydrogen) atoms. The average Bonchev–Trinajstić information content (AvgIpc) is 2.97. The molecule has 0 saturated carbocycles. The minimum absolute atomic E-state index is 0.0116. The van der Waals surface area contributed by atoms with Crippen molar-refractivity contribution in [2.45, 2.75) is 212 Å². The molecule has 0 aliphatic heterocycles. The van der Waals surface area contributed by atoms with Crippen molar-refractivity contribution in [3.05, 3.63) is 0 Å². The summed E-state index contributed by atoms with van der Waals surface area (Å²) in [5, 5.41) is 35.4. The lowest BCUT2D eigenvalue weighted by Gasteiger charge is -2.30. The van der Waals surface area contributed by atoms with E-state index in [0.29, 0.717) is 53.1 Å². The first-order valence-corrected chi connectivity index (χ1v) is 21.9. The molecular weight excluding hydrogens is 669 g/mol. The molecule has 0 radical (unpaired) electrons. The molecule has 0 aliphatic carbocycles. The average molecular weight is 779 g/mol. The Hall–Kier alpha value is -0.200. The molecule has 5 heteroatoms. The maximum absolute atomic E-state index is 9.11. The van der Waals surface area contributed by atoms with Crippen LogP contribution < -0.4 is 0 Å². The maximum atomic E-state index is 9.11. The first-order chi connectivity index (χ1) is 24.0. The Bertz CT molecular complexity index is 733. The third-order valence-corrected chi connectivity index (χ3v) is 11.0. The fraction of sp³-hybridized carbons (Fsp3) is 1.00. The summed E-state index contributed by atoms with van der Waals surface area (Å²) in [6.07, 6.45) is 7.34. The van der Waals surface area contributed by atoms with Gasteiger partial charge in [-0.1, -0.05) is 199 Å². The third kappa shape index (κ3) is 44.5. The standard InChI is InChI=1S/C10H22O.C9H20O.C8H18O.C8H18.C7H16O2.C7H16/c1-8(2)6-9(7-11)10(3,4)5;1-6-8(7-10-5)9(2,3)4;1-5-7(6-9)8(2,3)4;1-6-7(2)8(3,4)5;1-7(2,3)6(4-8)5-9;1-5-6-7(2,3)4/h8-9,11H,6-7H2,1-5H3;8H,6-7H2,1-5H3;7,9H,5-6H2,1-4H3;7H,6H2,1-5H3;6,8-9H,4-5H2,1-3H3;5-6H2,1-4H3. The van der Waals surface area contributed by atoms with E-state index in [9.17, 15) is 0 Å². The molecule has 0 spiro atoms. The lowest BCUT2D eigenvalue weighted by atomic mass is 9.77. The Labute approximate surface area is 344 Å². The predicted octanol–water partition coefficient (Wildman–Crippen LogP) is 14.0. The summed E-state index contributed by atoms with van der Waals surface area (Å²) in [6.45, 7) is 56.8. The number of rotatable bonds is 12. The van der Waals surface area contributed by atoms with Crippen molar-refractivity contribution < 1.29 is 25.2 Å². The van der Waals surface area contributed by atoms with Crippen molar-refractivity contribution in [1.82, 2.24) is 0 Å². The predicted molar refractivity (Wildman–Crippen MR) is 245 cm³/mol. The van der Waals surface area contributed by atoms with Crippen LogP contribution in [0.3, 0.4) is 0 Å². The summed E-state index contributed by atoms with van der Waals surface area (Å²) in [5.41, 5.74) is 1.99. The van der Waals surface area contributed by atoms with Gasteiger partial charge in [0.15, 0.2) is 0 Å². The second kappa shape index (κ2) is 32.7. The van der Waals surface area contributed by atoms with Crippen molar-refractivity contribution in [2.75, 3.05) is 40.1 Å². The topological polar surface area (TPSA) is 90.2 Å². The van der Waals surface area contributed by atoms with E-state index in [2.05, 4.69) is 152 Å². The van der Waals surface area contributed by atoms with E-state index >= 15 is 0 Å². The Kier molecular flexibility index (Phi) is 39.8. The van der Waals surface area contributed by atoms with Crippen molar-refractivity contribution in [3.63, 3.8) is 0 Å². The van der Waals surface area contributed by atoms with E-state index in [1.807, 2.05) is 20.8 Å². The van der Waals surface area contributed by atoms with Crippen molar-refractivity contribution >= 4 is 0 Å². The van der Waals surface area contributed by atoms with Crippen LogP contribution in [0.5, 0.6) is 0 Å². The lowest BCUT2D eigenvalue weighted by molar-refractivity contribution is 0.0720. The maximum Gasteiger partial charge on any atom is 0.0495 e. The summed E-state index contributed by atoms with van der Waals surface area (Å²) in [5.74, 6) is 3.14. The monoisotopic (exact) mass is 779 g/mol. The molecule has 0 heterocycles. The first-order valence-electron chi connectivity index (χ1n) is 21.9. The van der Waals surface area contributed by atoms with Crippen LogP contribution in [0.4, 0.5) is 0 Å². The van der Waals surface area contributed by atoms with Gasteiger partial charge in [0.25, 0.3) is 0 Å². The van der Waals surface area contributed by atoms with E-state index in [1.54, 1.807) is 7.11 Å². The van der Waals surface area contributed by atoms with Gasteiger partial charge in [0.05, 0.1) is 0 Å². The van der Waals surface area contributed by atoms with Crippen LogP contribution in [-0.4, -0.2) is 60.6 Å². The van der Waals surface area contributed by atoms with Crippen molar-refractivity contribution in [2.24, 2.45) is 68.0 Å². The SMILES string of the molecule is CC(C)(C)C(CO)CO.CC(C)CC(CO)C(C)(C)C.CCC(C)C(C)(C)C.CCC(CO)C(C)(C)C.CCC(COC)C(C)(C)C.CCCC(C)(C)C. The molecule has 0 bridgehead atoms. The van der Waals surface area contributed by atoms with Crippen LogP contribution in [0.2, 0.25) is 0 Å². The highest BCUT2D eigenvalue weighted by atomic mass is 16.5. The van der Waals surface area contributed by atoms with Crippen molar-refractivity contribution in [1.29, 1.82) is 0 Å². The van der Waals surface area contributed by atoms with Gasteiger partial charge in [0, 0.05) is 46.1 Å². The number of methoxy groups -OCH3 is 1. The van der Waals surface area contributed by atoms with Gasteiger partial charge in [-0.05, 0) is 74.9 Å². The van der Waals surface area contributed by atoms with Gasteiger partial charge in [0.1, 0.15) is 0 Å². The number of ether oxygens (including phenoxy) is 1. The zero-order chi connectivity index (χ0) is 44.9. The minimum atomic E-state index is 0.0116. The number of hydrogen-bond donors (Lipinski definition) is 4. The number of aliphatic hydroxyl groups excluding tert-OH is 4. The van der Waals surface area contributed by atoms with Crippen LogP contribution in [0.15, 0.2) is 0 Å². The second-order valence-electron chi connectivity index (χ2n) is 22.9. The molecule has 0 aromatic carbocycles. The van der Waals surface area contributed by atoms with Crippen LogP contribution in [-0.2, 0) is 4.74 Å². The normalized spacial score (nSPS) is 14.7. The summed E-state index contributed by atoms with van der Waals surface area (Å²) in [7, 11) is 1.77. The van der Waals surface area contributed by atoms with Crippen molar-refractivity contribution in [3.8, 4) is 0 Å². The van der Waals surface area contributed by atoms with Gasteiger partial charge < -0.3 is 25.2 Å². The molecule has 4 N–H and O–H groups in total. The molecule has 0 aromatic rings. The lowest BCUT2D eigenvalue weighted by Crippen LogP contribution is -2.26. The van der Waals surface area contributed by atoms with E-state index in [4.69, 9.17) is 25.2 Å². The van der Waals surface area contributed by atoms with Crippen LogP contribution in [0.1, 0.15) is 212 Å². The van der Waals surface area contributed by atoms with Gasteiger partial charge >= 0.3 is 0 Å². The zero-order valence-corrected chi connectivity index (χ0v) is 42.4. The molecule has 0 aliphatic rings. The second-order valence-corrected chi connectivity index (χ2v) is 22.9. The molecular formula is C49H110O5. The Balaban J connectivity index is -0.000000129. The quantitative estimate of drug-likeness (QED) is 0.158. The van der Waals surface area contributed by atoms with E-state index in [1.165, 1.54) is 25.7 Å². The van der Waals surface area contributed by atoms with Crippen LogP contribution in [0, 0.1) is 68.0 Å². The van der Waals surface area contributed by atoms with Crippen LogP contribution >= 0.6 is 0 Å². The fourth-order valence-electron chi connectivity index (χ4n) is 5.44. The van der Waals surface area contributed by atoms with E-state index in [-0.39, 0.29) is 35.4 Å². The number of aliphatic hydroxyl groups is 4. The Morgan fingerprint density at radius 2 is 0.741 bits per heavy atom. The first kappa shape index (κ1) is 65.6. The molecule has 0 rings (SSSR count). The molecule has 0 saturated heterocycles. The highest BCUT2D eigenvalue weighted by molar-refractivity contribution is 4.75. The molecule has 336 valence electrons. The smallest absolute Gasteiger partial charge is 0.0495 e. The summed E-state index contributed by atoms with van der Waals surface area (Å²) in [6, 6.07) is 0. The number of hydrogen-bond acceptors (Lipinski definition) is 5. The van der Waals surface area contributed by atoms with Gasteiger partial charge in [-0.15, -0.1) is 0 Å². The fourth-order valence-corrected chi connectivity index (χ4v) is 5.44. The zero-order valence-electron chi connectivity index (χ0n) is 42.4. The molecule has 4 atom stereocenters. The minimum Gasteiger partial charge on any atom is -0.396 e. The van der Waals surface area contributed by atoms with Crippen LogP contribution in [0.25, 0.3) is 0 Å². The van der Waals surface area contributed by atoms with Gasteiger partial charge in [-0.2, -0.15) is 0 Å². The van der Waals surface area contributed by atoms with Gasteiger partial charge in [-0.25, -0.2) is 0 Å². The third-order valence-electron chi connectivity index (χ3n) is 11.0. The summed E-state index contributed by atoms with van der Waals surface area (Å²) >= 11 is 0. The molecule has 5 nitrogen and oxygen atoms in total. The highest BCUT2D eigenvalue weighted by Gasteiger charge is 2.25. The summed E-state index contributed by atoms with van der Waals surface area (Å²) in [4.78, 5) is 0. The molecule has 0 aromatic heterocycles. The Morgan fingerprint density at radius 3 is 0.778 bits per heavy atom.